The lowest BCUT2D eigenvalue weighted by Crippen LogP contribution is -2.46. The van der Waals surface area contributed by atoms with Crippen molar-refractivity contribution in [2.75, 3.05) is 13.1 Å². The molecule has 1 saturated heterocycles. The van der Waals surface area contributed by atoms with E-state index in [-0.39, 0.29) is 17.9 Å². The molecule has 3 heteroatoms. The number of carbonyl (C=O) groups is 1. The fourth-order valence-corrected chi connectivity index (χ4v) is 2.68. The maximum absolute atomic E-state index is 12.2. The van der Waals surface area contributed by atoms with Crippen LogP contribution in [0, 0.1) is 17.3 Å². The first kappa shape index (κ1) is 15.5. The highest BCUT2D eigenvalue weighted by atomic mass is 16.2. The molecular weight excluding hydrogens is 224 g/mol. The van der Waals surface area contributed by atoms with Gasteiger partial charge in [-0.1, -0.05) is 34.6 Å². The van der Waals surface area contributed by atoms with Crippen molar-refractivity contribution in [3.63, 3.8) is 0 Å². The first-order chi connectivity index (χ1) is 8.23. The Morgan fingerprint density at radius 1 is 1.22 bits per heavy atom. The molecule has 0 saturated carbocycles. The van der Waals surface area contributed by atoms with Crippen LogP contribution in [0.15, 0.2) is 0 Å². The van der Waals surface area contributed by atoms with Crippen molar-refractivity contribution < 1.29 is 4.79 Å². The number of rotatable bonds is 2. The zero-order chi connectivity index (χ0) is 13.9. The van der Waals surface area contributed by atoms with Crippen molar-refractivity contribution in [2.24, 2.45) is 23.0 Å². The third-order valence-corrected chi connectivity index (χ3v) is 4.27. The highest BCUT2D eigenvalue weighted by Crippen LogP contribution is 2.34. The lowest BCUT2D eigenvalue weighted by Gasteiger charge is -2.30. The van der Waals surface area contributed by atoms with Crippen LogP contribution in [-0.4, -0.2) is 29.9 Å². The van der Waals surface area contributed by atoms with Gasteiger partial charge in [-0.25, -0.2) is 0 Å². The molecule has 0 spiro atoms. The van der Waals surface area contributed by atoms with E-state index in [1.54, 1.807) is 0 Å². The molecule has 1 amide bonds. The van der Waals surface area contributed by atoms with E-state index < -0.39 is 0 Å². The number of hydrogen-bond acceptors (Lipinski definition) is 2. The summed E-state index contributed by atoms with van der Waals surface area (Å²) in [6, 6.07) is -0.337. The van der Waals surface area contributed by atoms with Gasteiger partial charge in [0.25, 0.3) is 0 Å². The number of nitrogens with two attached hydrogens (primary N) is 1. The van der Waals surface area contributed by atoms with Gasteiger partial charge in [0.1, 0.15) is 0 Å². The monoisotopic (exact) mass is 254 g/mol. The van der Waals surface area contributed by atoms with Crippen molar-refractivity contribution >= 4 is 5.91 Å². The highest BCUT2D eigenvalue weighted by molar-refractivity contribution is 5.81. The number of carbonyl (C=O) groups excluding carboxylic acids is 1. The first-order valence-electron chi connectivity index (χ1n) is 7.28. The predicted octanol–water partition coefficient (Wildman–Crippen LogP) is 2.64. The third-order valence-electron chi connectivity index (χ3n) is 4.27. The van der Waals surface area contributed by atoms with E-state index in [4.69, 9.17) is 5.73 Å². The summed E-state index contributed by atoms with van der Waals surface area (Å²) in [6.45, 7) is 12.7. The standard InChI is InChI=1S/C15H30N2O/c1-11(2)13(16)14(18)17-9-6-7-12(8-10-17)15(3,4)5/h11-13H,6-10,16H2,1-5H3/t12?,13-/m0/s1. The van der Waals surface area contributed by atoms with Crippen LogP contribution >= 0.6 is 0 Å². The smallest absolute Gasteiger partial charge is 0.239 e. The predicted molar refractivity (Wildman–Crippen MR) is 76.2 cm³/mol. The normalized spacial score (nSPS) is 23.9. The molecule has 3 nitrogen and oxygen atoms in total. The number of likely N-dealkylation sites (tertiary alicyclic amines) is 1. The summed E-state index contributed by atoms with van der Waals surface area (Å²) >= 11 is 0. The lowest BCUT2D eigenvalue weighted by atomic mass is 9.77. The van der Waals surface area contributed by atoms with Gasteiger partial charge in [-0.3, -0.25) is 4.79 Å². The molecule has 1 unspecified atom stereocenters. The molecule has 0 radical (unpaired) electrons. The van der Waals surface area contributed by atoms with Crippen LogP contribution < -0.4 is 5.73 Å². The fraction of sp³-hybridized carbons (Fsp3) is 0.933. The summed E-state index contributed by atoms with van der Waals surface area (Å²) in [7, 11) is 0. The summed E-state index contributed by atoms with van der Waals surface area (Å²) < 4.78 is 0. The molecule has 1 fully saturated rings. The summed E-state index contributed by atoms with van der Waals surface area (Å²) in [5, 5.41) is 0. The fourth-order valence-electron chi connectivity index (χ4n) is 2.68. The van der Waals surface area contributed by atoms with Gasteiger partial charge in [-0.2, -0.15) is 0 Å². The van der Waals surface area contributed by atoms with Gasteiger partial charge in [0.05, 0.1) is 6.04 Å². The average Bonchev–Trinajstić information content (AvgIpc) is 2.51. The van der Waals surface area contributed by atoms with Gasteiger partial charge in [0, 0.05) is 13.1 Å². The molecule has 2 atom stereocenters. The van der Waals surface area contributed by atoms with E-state index in [0.29, 0.717) is 11.3 Å². The molecule has 1 rings (SSSR count). The van der Waals surface area contributed by atoms with E-state index in [2.05, 4.69) is 20.8 Å². The SMILES string of the molecule is CC(C)[C@H](N)C(=O)N1CCCC(C(C)(C)C)CC1. The Balaban J connectivity index is 2.59. The van der Waals surface area contributed by atoms with Crippen molar-refractivity contribution in [1.82, 2.24) is 4.90 Å². The maximum Gasteiger partial charge on any atom is 0.239 e. The Morgan fingerprint density at radius 3 is 2.33 bits per heavy atom. The topological polar surface area (TPSA) is 46.3 Å². The molecule has 0 aromatic heterocycles. The van der Waals surface area contributed by atoms with Gasteiger partial charge in [-0.15, -0.1) is 0 Å². The van der Waals surface area contributed by atoms with Gasteiger partial charge in [0.15, 0.2) is 0 Å². The molecule has 1 heterocycles. The number of hydrogen-bond donors (Lipinski definition) is 1. The molecule has 2 N–H and O–H groups in total. The Hall–Kier alpha value is -0.570. The zero-order valence-corrected chi connectivity index (χ0v) is 12.7. The summed E-state index contributed by atoms with van der Waals surface area (Å²) in [5.41, 5.74) is 6.32. The Kier molecular flexibility index (Phi) is 5.20. The van der Waals surface area contributed by atoms with E-state index in [1.807, 2.05) is 18.7 Å². The molecule has 0 bridgehead atoms. The van der Waals surface area contributed by atoms with E-state index in [0.717, 1.165) is 25.9 Å². The van der Waals surface area contributed by atoms with Gasteiger partial charge >= 0.3 is 0 Å². The summed E-state index contributed by atoms with van der Waals surface area (Å²) in [6.07, 6.45) is 3.45. The molecule has 1 aliphatic rings. The third kappa shape index (κ3) is 3.98. The van der Waals surface area contributed by atoms with E-state index in [9.17, 15) is 4.79 Å². The molecule has 0 aromatic rings. The molecule has 0 aliphatic carbocycles. The van der Waals surface area contributed by atoms with Crippen LogP contribution in [-0.2, 0) is 4.79 Å². The summed E-state index contributed by atoms with van der Waals surface area (Å²) in [5.74, 6) is 1.07. The highest BCUT2D eigenvalue weighted by Gasteiger charge is 2.30. The number of nitrogens with zero attached hydrogens (tertiary/aromatic N) is 1. The Labute approximate surface area is 112 Å². The minimum atomic E-state index is -0.337. The van der Waals surface area contributed by atoms with Crippen LogP contribution in [0.25, 0.3) is 0 Å². The largest absolute Gasteiger partial charge is 0.341 e. The van der Waals surface area contributed by atoms with Crippen LogP contribution in [0.3, 0.4) is 0 Å². The van der Waals surface area contributed by atoms with Crippen LogP contribution in [0.1, 0.15) is 53.9 Å². The van der Waals surface area contributed by atoms with Crippen molar-refractivity contribution in [2.45, 2.75) is 59.9 Å². The number of amides is 1. The minimum absolute atomic E-state index is 0.138. The minimum Gasteiger partial charge on any atom is -0.341 e. The molecular formula is C15H30N2O. The molecule has 106 valence electrons. The van der Waals surface area contributed by atoms with Gasteiger partial charge < -0.3 is 10.6 Å². The van der Waals surface area contributed by atoms with Crippen molar-refractivity contribution in [3.8, 4) is 0 Å². The van der Waals surface area contributed by atoms with Crippen molar-refractivity contribution in [3.05, 3.63) is 0 Å². The van der Waals surface area contributed by atoms with Gasteiger partial charge in [0.2, 0.25) is 5.91 Å². The second kappa shape index (κ2) is 6.05. The van der Waals surface area contributed by atoms with Crippen molar-refractivity contribution in [1.29, 1.82) is 0 Å². The van der Waals surface area contributed by atoms with Gasteiger partial charge in [-0.05, 0) is 36.5 Å². The molecule has 1 aliphatic heterocycles. The average molecular weight is 254 g/mol. The van der Waals surface area contributed by atoms with Crippen LogP contribution in [0.2, 0.25) is 0 Å². The molecule has 18 heavy (non-hydrogen) atoms. The molecule has 0 aromatic carbocycles. The maximum atomic E-state index is 12.2. The zero-order valence-electron chi connectivity index (χ0n) is 12.7. The summed E-state index contributed by atoms with van der Waals surface area (Å²) in [4.78, 5) is 14.2. The lowest BCUT2D eigenvalue weighted by molar-refractivity contribution is -0.133. The second-order valence-electron chi connectivity index (χ2n) is 7.09. The Bertz CT molecular complexity index is 281. The van der Waals surface area contributed by atoms with E-state index >= 15 is 0 Å². The van der Waals surface area contributed by atoms with Crippen LogP contribution in [0.5, 0.6) is 0 Å². The quantitative estimate of drug-likeness (QED) is 0.823. The second-order valence-corrected chi connectivity index (χ2v) is 7.09. The van der Waals surface area contributed by atoms with E-state index in [1.165, 1.54) is 6.42 Å². The Morgan fingerprint density at radius 2 is 1.83 bits per heavy atom. The first-order valence-corrected chi connectivity index (χ1v) is 7.28. The van der Waals surface area contributed by atoms with Crippen LogP contribution in [0.4, 0.5) is 0 Å².